The van der Waals surface area contributed by atoms with Gasteiger partial charge in [-0.2, -0.15) is 0 Å². The van der Waals surface area contributed by atoms with E-state index in [2.05, 4.69) is 46.8 Å². The van der Waals surface area contributed by atoms with Crippen LogP contribution in [0.4, 0.5) is 0 Å². The predicted molar refractivity (Wildman–Crippen MR) is 79.1 cm³/mol. The van der Waals surface area contributed by atoms with Crippen LogP contribution in [0.5, 0.6) is 5.75 Å². The van der Waals surface area contributed by atoms with Crippen LogP contribution in [0, 0.1) is 10.2 Å². The van der Waals surface area contributed by atoms with Crippen LogP contribution >= 0.6 is 11.3 Å². The van der Waals surface area contributed by atoms with Gasteiger partial charge in [-0.25, -0.2) is 23.6 Å². The van der Waals surface area contributed by atoms with E-state index in [1.54, 1.807) is 18.4 Å². The molecule has 0 atom stereocenters. The normalized spacial score (nSPS) is 11.5. The number of benzene rings is 2. The quantitative estimate of drug-likeness (QED) is 0.439. The molecule has 0 aliphatic carbocycles. The summed E-state index contributed by atoms with van der Waals surface area (Å²) in [7, 11) is -3.25. The molecule has 0 spiro atoms. The molecule has 2 aliphatic heterocycles. The van der Waals surface area contributed by atoms with Gasteiger partial charge >= 0.3 is 0 Å². The number of rotatable bonds is 1. The number of fused-ring (bicyclic) bond motifs is 5. The van der Waals surface area contributed by atoms with Gasteiger partial charge in [0.1, 0.15) is 5.75 Å². The largest absolute Gasteiger partial charge is 0.497 e. The van der Waals surface area contributed by atoms with Gasteiger partial charge < -0.3 is 4.74 Å². The number of ether oxygens (including phenoxy) is 1. The molecule has 2 heterocycles. The fourth-order valence-corrected chi connectivity index (χ4v) is 3.50. The van der Waals surface area contributed by atoms with Crippen LogP contribution in [-0.2, 0) is 0 Å². The SMILES string of the molecule is COc1ccc2c3csc4ccccc4c-3[nH+]c2c1.[O-][Cl+3]([O-])([O-])[O-]. The summed E-state index contributed by atoms with van der Waals surface area (Å²) in [4.78, 5) is 3.52. The van der Waals surface area contributed by atoms with Crippen molar-refractivity contribution in [1.82, 2.24) is 0 Å². The van der Waals surface area contributed by atoms with Gasteiger partial charge in [0, 0.05) is 10.1 Å². The number of nitrogens with one attached hydrogen (secondary N) is 1. The summed E-state index contributed by atoms with van der Waals surface area (Å²) in [5.74, 6) is 0.882. The van der Waals surface area contributed by atoms with E-state index in [4.69, 9.17) is 23.4 Å². The van der Waals surface area contributed by atoms with Crippen molar-refractivity contribution in [3.8, 4) is 17.0 Å². The monoisotopic (exact) mass is 365 g/mol. The molecule has 2 aromatic rings. The number of hydrogen-bond acceptors (Lipinski definition) is 6. The molecule has 2 aromatic carbocycles. The van der Waals surface area contributed by atoms with Gasteiger partial charge in [-0.1, -0.05) is 12.1 Å². The van der Waals surface area contributed by atoms with E-state index < -0.39 is 10.2 Å². The molecule has 24 heavy (non-hydrogen) atoms. The van der Waals surface area contributed by atoms with Crippen molar-refractivity contribution >= 4 is 32.3 Å². The summed E-state index contributed by atoms with van der Waals surface area (Å²) < 4.78 is 40.6. The van der Waals surface area contributed by atoms with Crippen LogP contribution in [0.1, 0.15) is 0 Å². The first kappa shape index (κ1) is 16.8. The maximum Gasteiger partial charge on any atom is 0.221 e. The minimum Gasteiger partial charge on any atom is -0.497 e. The molecule has 0 saturated heterocycles. The van der Waals surface area contributed by atoms with E-state index in [1.807, 2.05) is 6.07 Å². The zero-order chi connectivity index (χ0) is 17.3. The molecule has 0 bridgehead atoms. The molecule has 0 saturated carbocycles. The van der Waals surface area contributed by atoms with E-state index in [0.29, 0.717) is 0 Å². The second kappa shape index (κ2) is 6.48. The average molecular weight is 366 g/mol. The Bertz CT molecular complexity index is 960. The summed E-state index contributed by atoms with van der Waals surface area (Å²) in [6, 6.07) is 14.7. The molecule has 2 aliphatic rings. The van der Waals surface area contributed by atoms with E-state index in [1.165, 1.54) is 26.7 Å². The van der Waals surface area contributed by atoms with Gasteiger partial charge in [-0.15, -0.1) is 21.6 Å². The number of hydrogen-bond donors (Lipinski definition) is 0. The molecule has 0 unspecified atom stereocenters. The Morgan fingerprint density at radius 3 is 2.42 bits per heavy atom. The van der Waals surface area contributed by atoms with Crippen LogP contribution < -0.4 is 28.4 Å². The van der Waals surface area contributed by atoms with Crippen molar-refractivity contribution in [2.75, 3.05) is 7.11 Å². The summed E-state index contributed by atoms with van der Waals surface area (Å²) in [6.45, 7) is 0. The van der Waals surface area contributed by atoms with Gasteiger partial charge in [-0.3, -0.25) is 0 Å². The predicted octanol–water partition coefficient (Wildman–Crippen LogP) is -0.774. The third-order valence-corrected chi connectivity index (χ3v) is 4.47. The third-order valence-electron chi connectivity index (χ3n) is 3.51. The van der Waals surface area contributed by atoms with Gasteiger partial charge in [-0.05, 0) is 24.3 Å². The number of aromatic amines is 1. The number of aromatic nitrogens is 1. The standard InChI is InChI=1S/C16H11NOS.ClHO4/c1-18-10-6-7-11-13-9-19-15-5-3-2-4-12(15)16(13)17-14(11)8-10;2-1(3,4)5/h2-9H,1H3;(H,2,3,4,5). The van der Waals surface area contributed by atoms with Crippen molar-refractivity contribution in [1.29, 1.82) is 0 Å². The Kier molecular flexibility index (Phi) is 4.55. The first-order valence-electron chi connectivity index (χ1n) is 6.77. The Balaban J connectivity index is 0.000000300. The molecule has 6 nitrogen and oxygen atoms in total. The minimum atomic E-state index is -4.94. The van der Waals surface area contributed by atoms with Gasteiger partial charge in [0.05, 0.1) is 29.5 Å². The van der Waals surface area contributed by atoms with E-state index in [0.717, 1.165) is 11.3 Å². The van der Waals surface area contributed by atoms with Crippen LogP contribution in [-0.4, -0.2) is 7.11 Å². The maximum absolute atomic E-state index is 8.49. The second-order valence-electron chi connectivity index (χ2n) is 4.94. The van der Waals surface area contributed by atoms with Gasteiger partial charge in [0.2, 0.25) is 11.2 Å². The average Bonchev–Trinajstić information content (AvgIpc) is 2.91. The Hall–Kier alpha value is -2.00. The lowest BCUT2D eigenvalue weighted by molar-refractivity contribution is -2.00. The Labute approximate surface area is 143 Å². The number of halogens is 1. The molecule has 0 aromatic heterocycles. The smallest absolute Gasteiger partial charge is 0.221 e. The molecule has 4 rings (SSSR count). The molecular weight excluding hydrogens is 354 g/mol. The van der Waals surface area contributed by atoms with Crippen LogP contribution in [0.2, 0.25) is 0 Å². The molecule has 0 amide bonds. The topological polar surface area (TPSA) is 116 Å². The van der Waals surface area contributed by atoms with Gasteiger partial charge in [0.25, 0.3) is 0 Å². The zero-order valence-electron chi connectivity index (χ0n) is 12.4. The highest BCUT2D eigenvalue weighted by Gasteiger charge is 2.21. The van der Waals surface area contributed by atoms with Crippen LogP contribution in [0.25, 0.3) is 32.2 Å². The number of H-pyrrole nitrogens is 1. The summed E-state index contributed by atoms with van der Waals surface area (Å²) in [5, 5.41) is 4.75. The van der Waals surface area contributed by atoms with Crippen molar-refractivity contribution in [2.45, 2.75) is 0 Å². The lowest BCUT2D eigenvalue weighted by Gasteiger charge is -2.17. The highest BCUT2D eigenvalue weighted by atomic mass is 35.7. The minimum absolute atomic E-state index is 0.882. The molecule has 0 fully saturated rings. The molecule has 0 radical (unpaired) electrons. The van der Waals surface area contributed by atoms with Crippen molar-refractivity contribution in [3.05, 3.63) is 47.8 Å². The second-order valence-corrected chi connectivity index (χ2v) is 6.60. The summed E-state index contributed by atoms with van der Waals surface area (Å²) >= 11 is 1.78. The highest BCUT2D eigenvalue weighted by molar-refractivity contribution is 7.17. The Morgan fingerprint density at radius 2 is 1.71 bits per heavy atom. The van der Waals surface area contributed by atoms with E-state index in [-0.39, 0.29) is 0 Å². The van der Waals surface area contributed by atoms with Crippen LogP contribution in [0.3, 0.4) is 0 Å². The fraction of sp³-hybridized carbons (Fsp3) is 0.0625. The first-order valence-corrected chi connectivity index (χ1v) is 8.89. The zero-order valence-corrected chi connectivity index (χ0v) is 14.0. The van der Waals surface area contributed by atoms with Crippen LogP contribution in [0.15, 0.2) is 47.8 Å². The molecular formula is C16H12ClNO5S. The lowest BCUT2D eigenvalue weighted by Crippen LogP contribution is -2.68. The first-order chi connectivity index (χ1) is 11.4. The molecule has 1 N–H and O–H groups in total. The van der Waals surface area contributed by atoms with Crippen molar-refractivity contribution in [3.63, 3.8) is 0 Å². The Morgan fingerprint density at radius 1 is 1.00 bits per heavy atom. The van der Waals surface area contributed by atoms with Crippen molar-refractivity contribution < 1.29 is 38.6 Å². The third kappa shape index (κ3) is 3.57. The van der Waals surface area contributed by atoms with Crippen molar-refractivity contribution in [2.24, 2.45) is 0 Å². The van der Waals surface area contributed by atoms with Gasteiger partial charge in [0.15, 0.2) is 0 Å². The highest BCUT2D eigenvalue weighted by Crippen LogP contribution is 2.36. The van der Waals surface area contributed by atoms with E-state index in [9.17, 15) is 0 Å². The number of methoxy groups -OCH3 is 1. The summed E-state index contributed by atoms with van der Waals surface area (Å²) in [6.07, 6.45) is 0. The fourth-order valence-electron chi connectivity index (χ4n) is 2.56. The lowest BCUT2D eigenvalue weighted by atomic mass is 10.1. The molecule has 124 valence electrons. The molecule has 8 heteroatoms. The van der Waals surface area contributed by atoms with E-state index >= 15 is 0 Å². The summed E-state index contributed by atoms with van der Waals surface area (Å²) in [5.41, 5.74) is 3.61. The maximum atomic E-state index is 8.49.